The molecule has 1 saturated carbocycles. The molecule has 0 aromatic rings. The van der Waals surface area contributed by atoms with E-state index in [0.29, 0.717) is 5.92 Å². The zero-order chi connectivity index (χ0) is 9.68. The molecule has 1 aliphatic carbocycles. The first kappa shape index (κ1) is 10.3. The van der Waals surface area contributed by atoms with E-state index in [9.17, 15) is 4.79 Å². The third-order valence-electron chi connectivity index (χ3n) is 2.42. The standard InChI is InChI=1S/C11H18O2/c1-3-5-6-10(9-7-8-9)13-11(12)4-2/h4,9-10H,2-3,5-8H2,1H3. The number of ether oxygens (including phenoxy) is 1. The molecule has 0 N–H and O–H groups in total. The fourth-order valence-electron chi connectivity index (χ4n) is 1.46. The molecule has 0 saturated heterocycles. The van der Waals surface area contributed by atoms with Crippen LogP contribution in [0.1, 0.15) is 39.0 Å². The summed E-state index contributed by atoms with van der Waals surface area (Å²) in [4.78, 5) is 11.0. The van der Waals surface area contributed by atoms with Crippen LogP contribution in [0, 0.1) is 5.92 Å². The molecule has 0 amide bonds. The molecule has 1 unspecified atom stereocenters. The van der Waals surface area contributed by atoms with Gasteiger partial charge in [-0.05, 0) is 25.2 Å². The van der Waals surface area contributed by atoms with Crippen LogP contribution in [0.2, 0.25) is 0 Å². The predicted octanol–water partition coefficient (Wildman–Crippen LogP) is 2.68. The summed E-state index contributed by atoms with van der Waals surface area (Å²) in [5.41, 5.74) is 0. The first-order valence-corrected chi connectivity index (χ1v) is 5.11. The number of unbranched alkanes of at least 4 members (excludes halogenated alkanes) is 1. The number of rotatable bonds is 6. The number of esters is 1. The SMILES string of the molecule is C=CC(=O)OC(CCCC)C1CC1. The molecule has 0 aromatic heterocycles. The lowest BCUT2D eigenvalue weighted by atomic mass is 10.1. The third kappa shape index (κ3) is 3.62. The Morgan fingerprint density at radius 1 is 1.69 bits per heavy atom. The van der Waals surface area contributed by atoms with Crippen LogP contribution in [0.3, 0.4) is 0 Å². The molecular formula is C11H18O2. The molecule has 0 aliphatic heterocycles. The van der Waals surface area contributed by atoms with Gasteiger partial charge in [0, 0.05) is 6.08 Å². The van der Waals surface area contributed by atoms with Gasteiger partial charge in [0.1, 0.15) is 6.10 Å². The van der Waals surface area contributed by atoms with Gasteiger partial charge in [-0.1, -0.05) is 26.3 Å². The maximum absolute atomic E-state index is 11.0. The van der Waals surface area contributed by atoms with Gasteiger partial charge in [-0.3, -0.25) is 0 Å². The largest absolute Gasteiger partial charge is 0.459 e. The average Bonchev–Trinajstić information content (AvgIpc) is 2.94. The highest BCUT2D eigenvalue weighted by Crippen LogP contribution is 2.36. The maximum Gasteiger partial charge on any atom is 0.330 e. The second-order valence-electron chi connectivity index (χ2n) is 3.66. The normalized spacial score (nSPS) is 17.9. The highest BCUT2D eigenvalue weighted by atomic mass is 16.5. The molecule has 2 nitrogen and oxygen atoms in total. The molecule has 0 aromatic carbocycles. The molecule has 0 heterocycles. The summed E-state index contributed by atoms with van der Waals surface area (Å²) in [6.07, 6.45) is 7.17. The van der Waals surface area contributed by atoms with Crippen LogP contribution in [-0.4, -0.2) is 12.1 Å². The minimum Gasteiger partial charge on any atom is -0.459 e. The van der Waals surface area contributed by atoms with Gasteiger partial charge in [0.2, 0.25) is 0 Å². The number of hydrogen-bond acceptors (Lipinski definition) is 2. The fraction of sp³-hybridized carbons (Fsp3) is 0.727. The summed E-state index contributed by atoms with van der Waals surface area (Å²) >= 11 is 0. The molecule has 0 radical (unpaired) electrons. The van der Waals surface area contributed by atoms with Crippen LogP contribution in [0.4, 0.5) is 0 Å². The van der Waals surface area contributed by atoms with Crippen molar-refractivity contribution in [1.29, 1.82) is 0 Å². The summed E-state index contributed by atoms with van der Waals surface area (Å²) in [6, 6.07) is 0. The van der Waals surface area contributed by atoms with Crippen molar-refractivity contribution in [2.45, 2.75) is 45.1 Å². The first-order chi connectivity index (χ1) is 6.27. The van der Waals surface area contributed by atoms with E-state index in [1.807, 2.05) is 0 Å². The Morgan fingerprint density at radius 3 is 2.85 bits per heavy atom. The van der Waals surface area contributed by atoms with Gasteiger partial charge in [0.05, 0.1) is 0 Å². The Labute approximate surface area is 80.0 Å². The fourth-order valence-corrected chi connectivity index (χ4v) is 1.46. The van der Waals surface area contributed by atoms with Crippen molar-refractivity contribution in [3.05, 3.63) is 12.7 Å². The Bertz CT molecular complexity index is 183. The number of hydrogen-bond donors (Lipinski definition) is 0. The highest BCUT2D eigenvalue weighted by Gasteiger charge is 2.32. The minimum atomic E-state index is -0.270. The second kappa shape index (κ2) is 5.05. The Balaban J connectivity index is 2.28. The second-order valence-corrected chi connectivity index (χ2v) is 3.66. The van der Waals surface area contributed by atoms with E-state index in [4.69, 9.17) is 4.74 Å². The van der Waals surface area contributed by atoms with Gasteiger partial charge < -0.3 is 4.74 Å². The lowest BCUT2D eigenvalue weighted by molar-refractivity contribution is -0.144. The van der Waals surface area contributed by atoms with Crippen molar-refractivity contribution < 1.29 is 9.53 Å². The van der Waals surface area contributed by atoms with Crippen molar-refractivity contribution in [1.82, 2.24) is 0 Å². The highest BCUT2D eigenvalue weighted by molar-refractivity contribution is 5.81. The molecule has 0 bridgehead atoms. The van der Waals surface area contributed by atoms with Crippen LogP contribution in [0.15, 0.2) is 12.7 Å². The predicted molar refractivity (Wildman–Crippen MR) is 52.3 cm³/mol. The molecule has 74 valence electrons. The lowest BCUT2D eigenvalue weighted by Crippen LogP contribution is -2.18. The van der Waals surface area contributed by atoms with Gasteiger partial charge in [0.25, 0.3) is 0 Å². The van der Waals surface area contributed by atoms with Crippen LogP contribution < -0.4 is 0 Å². The van der Waals surface area contributed by atoms with E-state index >= 15 is 0 Å². The molecule has 1 aliphatic rings. The van der Waals surface area contributed by atoms with Gasteiger partial charge in [0.15, 0.2) is 0 Å². The van der Waals surface area contributed by atoms with E-state index < -0.39 is 0 Å². The van der Waals surface area contributed by atoms with Crippen molar-refractivity contribution in [3.63, 3.8) is 0 Å². The zero-order valence-corrected chi connectivity index (χ0v) is 8.29. The van der Waals surface area contributed by atoms with E-state index in [2.05, 4.69) is 13.5 Å². The summed E-state index contributed by atoms with van der Waals surface area (Å²) in [6.45, 7) is 5.55. The quantitative estimate of drug-likeness (QED) is 0.466. The Morgan fingerprint density at radius 2 is 2.38 bits per heavy atom. The van der Waals surface area contributed by atoms with Crippen molar-refractivity contribution in [2.75, 3.05) is 0 Å². The number of carbonyl (C=O) groups excluding carboxylic acids is 1. The van der Waals surface area contributed by atoms with Crippen LogP contribution in [-0.2, 0) is 9.53 Å². The Kier molecular flexibility index (Phi) is 4.00. The molecule has 1 rings (SSSR count). The molecule has 1 fully saturated rings. The van der Waals surface area contributed by atoms with Crippen LogP contribution in [0.5, 0.6) is 0 Å². The zero-order valence-electron chi connectivity index (χ0n) is 8.29. The molecular weight excluding hydrogens is 164 g/mol. The molecule has 0 spiro atoms. The summed E-state index contributed by atoms with van der Waals surface area (Å²) < 4.78 is 5.27. The van der Waals surface area contributed by atoms with Crippen molar-refractivity contribution in [2.24, 2.45) is 5.92 Å². The smallest absolute Gasteiger partial charge is 0.330 e. The van der Waals surface area contributed by atoms with Crippen LogP contribution in [0.25, 0.3) is 0 Å². The van der Waals surface area contributed by atoms with E-state index in [-0.39, 0.29) is 12.1 Å². The van der Waals surface area contributed by atoms with Crippen molar-refractivity contribution >= 4 is 5.97 Å². The summed E-state index contributed by atoms with van der Waals surface area (Å²) in [7, 11) is 0. The topological polar surface area (TPSA) is 26.3 Å². The molecule has 2 heteroatoms. The monoisotopic (exact) mass is 182 g/mol. The summed E-state index contributed by atoms with van der Waals surface area (Å²) in [5.74, 6) is 0.364. The minimum absolute atomic E-state index is 0.158. The van der Waals surface area contributed by atoms with E-state index in [0.717, 1.165) is 19.3 Å². The van der Waals surface area contributed by atoms with Gasteiger partial charge in [-0.25, -0.2) is 4.79 Å². The first-order valence-electron chi connectivity index (χ1n) is 5.11. The molecule has 1 atom stereocenters. The van der Waals surface area contributed by atoms with E-state index in [1.54, 1.807) is 0 Å². The van der Waals surface area contributed by atoms with Gasteiger partial charge >= 0.3 is 5.97 Å². The molecule has 13 heavy (non-hydrogen) atoms. The van der Waals surface area contributed by atoms with Gasteiger partial charge in [-0.2, -0.15) is 0 Å². The van der Waals surface area contributed by atoms with Gasteiger partial charge in [-0.15, -0.1) is 0 Å². The average molecular weight is 182 g/mol. The van der Waals surface area contributed by atoms with Crippen LogP contribution >= 0.6 is 0 Å². The maximum atomic E-state index is 11.0. The lowest BCUT2D eigenvalue weighted by Gasteiger charge is -2.15. The Hall–Kier alpha value is -0.790. The summed E-state index contributed by atoms with van der Waals surface area (Å²) in [5, 5.41) is 0. The van der Waals surface area contributed by atoms with Crippen molar-refractivity contribution in [3.8, 4) is 0 Å². The third-order valence-corrected chi connectivity index (χ3v) is 2.42. The van der Waals surface area contributed by atoms with E-state index in [1.165, 1.54) is 18.9 Å². The number of carbonyl (C=O) groups is 1.